The first-order valence-electron chi connectivity index (χ1n) is 12.7. The van der Waals surface area contributed by atoms with Crippen LogP contribution < -0.4 is 19.8 Å². The number of nitrogens with one attached hydrogen (secondary N) is 2. The lowest BCUT2D eigenvalue weighted by atomic mass is 9.83. The summed E-state index contributed by atoms with van der Waals surface area (Å²) in [6, 6.07) is 17.2. The number of hydrogen-bond donors (Lipinski definition) is 2. The molecule has 2 aliphatic heterocycles. The van der Waals surface area contributed by atoms with Gasteiger partial charge in [-0.25, -0.2) is 4.90 Å². The number of thiazole rings is 1. The molecule has 0 radical (unpaired) electrons. The van der Waals surface area contributed by atoms with Gasteiger partial charge in [0, 0.05) is 21.5 Å². The van der Waals surface area contributed by atoms with E-state index in [0.717, 1.165) is 40.1 Å². The van der Waals surface area contributed by atoms with Crippen LogP contribution in [0.1, 0.15) is 21.9 Å². The molecule has 0 aliphatic carbocycles. The number of imide groups is 1. The van der Waals surface area contributed by atoms with Crippen LogP contribution in [0.4, 0.5) is 24.5 Å². The maximum atomic E-state index is 13.8. The Hall–Kier alpha value is -4.07. The Kier molecular flexibility index (Phi) is 7.57. The molecule has 8 nitrogen and oxygen atoms in total. The standard InChI is InChI=1S/C29H19ClF3N3O5S2/c30-16-7-9-18(10-8-16)36-26(38)22-21(23-25(35-28(40)43-23)42-24(22)27(36)39)14-3-1-6-19(11-14)41-13-20(37)34-17-5-2-4-15(12-17)29(31,32)33/h1-12,21-22,24H,13H2,(H,34,37)(H,35,40). The lowest BCUT2D eigenvalue weighted by Gasteiger charge is -2.30. The average molecular weight is 646 g/mol. The second kappa shape index (κ2) is 11.2. The number of H-pyrrole nitrogens is 1. The van der Waals surface area contributed by atoms with E-state index >= 15 is 0 Å². The first kappa shape index (κ1) is 29.0. The quantitative estimate of drug-likeness (QED) is 0.252. The van der Waals surface area contributed by atoms with Crippen LogP contribution in [0.2, 0.25) is 5.02 Å². The Labute approximate surface area is 254 Å². The maximum absolute atomic E-state index is 13.8. The van der Waals surface area contributed by atoms with E-state index in [1.807, 2.05) is 0 Å². The summed E-state index contributed by atoms with van der Waals surface area (Å²) in [7, 11) is 0. The van der Waals surface area contributed by atoms with E-state index in [-0.39, 0.29) is 16.3 Å². The van der Waals surface area contributed by atoms with Gasteiger partial charge in [-0.05, 0) is 60.2 Å². The number of aromatic amines is 1. The summed E-state index contributed by atoms with van der Waals surface area (Å²) < 4.78 is 44.7. The van der Waals surface area contributed by atoms with Crippen molar-refractivity contribution < 1.29 is 32.3 Å². The average Bonchev–Trinajstić information content (AvgIpc) is 3.46. The second-order valence-corrected chi connectivity index (χ2v) is 12.3. The normalized spacial score (nSPS) is 19.6. The Balaban J connectivity index is 1.25. The number of carbonyl (C=O) groups excluding carboxylic acids is 3. The van der Waals surface area contributed by atoms with Gasteiger partial charge in [-0.1, -0.05) is 52.9 Å². The molecule has 3 aromatic carbocycles. The van der Waals surface area contributed by atoms with Crippen LogP contribution in [0.3, 0.4) is 0 Å². The summed E-state index contributed by atoms with van der Waals surface area (Å²) in [6.45, 7) is -0.503. The number of thioether (sulfide) groups is 1. The number of fused-ring (bicyclic) bond motifs is 2. The van der Waals surface area contributed by atoms with Crippen LogP contribution in [-0.4, -0.2) is 34.6 Å². The molecule has 1 saturated heterocycles. The third kappa shape index (κ3) is 5.67. The first-order valence-corrected chi connectivity index (χ1v) is 14.8. The zero-order valence-electron chi connectivity index (χ0n) is 21.7. The van der Waals surface area contributed by atoms with Crippen molar-refractivity contribution in [1.82, 2.24) is 4.98 Å². The largest absolute Gasteiger partial charge is 0.484 e. The lowest BCUT2D eigenvalue weighted by Crippen LogP contribution is -2.32. The predicted octanol–water partition coefficient (Wildman–Crippen LogP) is 5.92. The molecule has 0 spiro atoms. The number of hydrogen-bond acceptors (Lipinski definition) is 7. The van der Waals surface area contributed by atoms with Crippen molar-refractivity contribution in [1.29, 1.82) is 0 Å². The highest BCUT2D eigenvalue weighted by atomic mass is 35.5. The van der Waals surface area contributed by atoms with Crippen LogP contribution in [0.15, 0.2) is 82.6 Å². The van der Waals surface area contributed by atoms with E-state index in [1.165, 1.54) is 12.1 Å². The van der Waals surface area contributed by atoms with E-state index in [4.69, 9.17) is 16.3 Å². The van der Waals surface area contributed by atoms with Crippen LogP contribution in [0.5, 0.6) is 5.75 Å². The van der Waals surface area contributed by atoms with Gasteiger partial charge in [0.2, 0.25) is 11.8 Å². The van der Waals surface area contributed by atoms with E-state index in [1.54, 1.807) is 48.5 Å². The van der Waals surface area contributed by atoms with E-state index < -0.39 is 53.2 Å². The Morgan fingerprint density at radius 3 is 2.49 bits per heavy atom. The third-order valence-electron chi connectivity index (χ3n) is 6.97. The number of nitrogens with zero attached hydrogens (tertiary/aromatic N) is 1. The lowest BCUT2D eigenvalue weighted by molar-refractivity contribution is -0.137. The number of anilines is 2. The van der Waals surface area contributed by atoms with Gasteiger partial charge < -0.3 is 15.0 Å². The number of halogens is 4. The fraction of sp³-hybridized carbons (Fsp3) is 0.172. The Bertz CT molecular complexity index is 1810. The number of alkyl halides is 3. The van der Waals surface area contributed by atoms with Crippen LogP contribution >= 0.6 is 34.7 Å². The molecule has 2 N–H and O–H groups in total. The van der Waals surface area contributed by atoms with Gasteiger partial charge in [0.05, 0.1) is 22.2 Å². The zero-order chi connectivity index (χ0) is 30.5. The minimum atomic E-state index is -4.56. The van der Waals surface area contributed by atoms with Crippen LogP contribution in [0.25, 0.3) is 0 Å². The number of carbonyl (C=O) groups is 3. The van der Waals surface area contributed by atoms with Crippen molar-refractivity contribution in [2.24, 2.45) is 5.92 Å². The van der Waals surface area contributed by atoms with Crippen molar-refractivity contribution in [2.45, 2.75) is 22.4 Å². The molecule has 4 aromatic rings. The summed E-state index contributed by atoms with van der Waals surface area (Å²) >= 11 is 8.10. The summed E-state index contributed by atoms with van der Waals surface area (Å²) in [5, 5.41) is 2.54. The molecule has 3 atom stereocenters. The molecule has 0 bridgehead atoms. The van der Waals surface area contributed by atoms with Gasteiger partial charge >= 0.3 is 11.0 Å². The molecular weight excluding hydrogens is 627 g/mol. The van der Waals surface area contributed by atoms with E-state index in [0.29, 0.717) is 26.2 Å². The van der Waals surface area contributed by atoms with E-state index in [9.17, 15) is 32.3 Å². The summed E-state index contributed by atoms with van der Waals surface area (Å²) in [5.74, 6) is -2.76. The van der Waals surface area contributed by atoms with Crippen molar-refractivity contribution in [3.05, 3.63) is 103 Å². The molecule has 6 rings (SSSR count). The topological polar surface area (TPSA) is 109 Å². The van der Waals surface area contributed by atoms with Gasteiger partial charge in [-0.15, -0.1) is 0 Å². The SMILES string of the molecule is O=C(COc1cccc(C2c3sc(=O)[nH]c3SC3C(=O)N(c4ccc(Cl)cc4)C(=O)C32)c1)Nc1cccc(C(F)(F)F)c1. The number of rotatable bonds is 6. The van der Waals surface area contributed by atoms with Crippen molar-refractivity contribution >= 4 is 63.8 Å². The molecular formula is C29H19ClF3N3O5S2. The zero-order valence-corrected chi connectivity index (χ0v) is 24.1. The minimum Gasteiger partial charge on any atom is -0.484 e. The maximum Gasteiger partial charge on any atom is 0.416 e. The van der Waals surface area contributed by atoms with Gasteiger partial charge in [0.15, 0.2) is 6.61 Å². The highest BCUT2D eigenvalue weighted by Gasteiger charge is 2.56. The number of benzene rings is 3. The molecule has 1 aromatic heterocycles. The van der Waals surface area contributed by atoms with Crippen molar-refractivity contribution in [2.75, 3.05) is 16.8 Å². The van der Waals surface area contributed by atoms with E-state index in [2.05, 4.69) is 10.3 Å². The second-order valence-electron chi connectivity index (χ2n) is 9.73. The van der Waals surface area contributed by atoms with Gasteiger partial charge in [0.25, 0.3) is 5.91 Å². The molecule has 0 saturated carbocycles. The third-order valence-corrected chi connectivity index (χ3v) is 9.62. The molecule has 2 aliphatic rings. The minimum absolute atomic E-state index is 0.0348. The van der Waals surface area contributed by atoms with Gasteiger partial charge in [0.1, 0.15) is 11.0 Å². The molecule has 43 heavy (non-hydrogen) atoms. The molecule has 220 valence electrons. The number of amides is 3. The highest BCUT2D eigenvalue weighted by molar-refractivity contribution is 8.00. The van der Waals surface area contributed by atoms with Crippen molar-refractivity contribution in [3.8, 4) is 5.75 Å². The van der Waals surface area contributed by atoms with Gasteiger partial charge in [-0.3, -0.25) is 19.2 Å². The Morgan fingerprint density at radius 1 is 1.00 bits per heavy atom. The van der Waals surface area contributed by atoms with Crippen LogP contribution in [-0.2, 0) is 20.6 Å². The van der Waals surface area contributed by atoms with Gasteiger partial charge in [-0.2, -0.15) is 13.2 Å². The fourth-order valence-corrected chi connectivity index (χ4v) is 7.78. The molecule has 3 unspecified atom stereocenters. The predicted molar refractivity (Wildman–Crippen MR) is 156 cm³/mol. The Morgan fingerprint density at radius 2 is 1.74 bits per heavy atom. The summed E-state index contributed by atoms with van der Waals surface area (Å²) in [6.07, 6.45) is -4.56. The summed E-state index contributed by atoms with van der Waals surface area (Å²) in [5.41, 5.74) is 0.0342. The molecule has 1 fully saturated rings. The van der Waals surface area contributed by atoms with Crippen molar-refractivity contribution in [3.63, 3.8) is 0 Å². The molecule has 3 amide bonds. The number of ether oxygens (including phenoxy) is 1. The molecule has 14 heteroatoms. The monoisotopic (exact) mass is 645 g/mol. The first-order chi connectivity index (χ1) is 20.5. The fourth-order valence-electron chi connectivity index (χ4n) is 5.14. The van der Waals surface area contributed by atoms with Crippen LogP contribution in [0, 0.1) is 5.92 Å². The molecule has 3 heterocycles. The smallest absolute Gasteiger partial charge is 0.416 e. The number of aromatic nitrogens is 1. The summed E-state index contributed by atoms with van der Waals surface area (Å²) in [4.78, 5) is 56.3. The highest BCUT2D eigenvalue weighted by Crippen LogP contribution is 2.53.